The molecule has 0 aliphatic heterocycles. The highest BCUT2D eigenvalue weighted by atomic mass is 35.5. The topological polar surface area (TPSA) is 64.1 Å². The van der Waals surface area contributed by atoms with Gasteiger partial charge in [-0.15, -0.1) is 0 Å². The second-order valence-corrected chi connectivity index (χ2v) is 6.19. The molecule has 0 aliphatic rings. The number of esters is 1. The van der Waals surface area contributed by atoms with Gasteiger partial charge >= 0.3 is 5.97 Å². The Morgan fingerprint density at radius 2 is 2.12 bits per heavy atom. The summed E-state index contributed by atoms with van der Waals surface area (Å²) >= 11 is 5.81. The first-order chi connectivity index (χ1) is 12.5. The fourth-order valence-electron chi connectivity index (χ4n) is 2.46. The molecular formula is C19H17ClFN3O2. The molecule has 0 saturated carbocycles. The molecule has 0 spiro atoms. The molecule has 0 bridgehead atoms. The number of carbonyl (C=O) groups is 1. The van der Waals surface area contributed by atoms with Crippen molar-refractivity contribution in [2.75, 3.05) is 11.9 Å². The number of aromatic nitrogens is 2. The van der Waals surface area contributed by atoms with Gasteiger partial charge in [0.1, 0.15) is 11.4 Å². The van der Waals surface area contributed by atoms with E-state index >= 15 is 0 Å². The lowest BCUT2D eigenvalue weighted by molar-refractivity contribution is 0.0506. The summed E-state index contributed by atoms with van der Waals surface area (Å²) in [6, 6.07) is 7.86. The minimum atomic E-state index is -0.532. The summed E-state index contributed by atoms with van der Waals surface area (Å²) in [5, 5.41) is 3.85. The fourth-order valence-corrected chi connectivity index (χ4v) is 2.62. The van der Waals surface area contributed by atoms with Crippen LogP contribution in [0.2, 0.25) is 5.02 Å². The zero-order chi connectivity index (χ0) is 18.7. The fraction of sp³-hybridized carbons (Fsp3) is 0.211. The van der Waals surface area contributed by atoms with E-state index in [1.54, 1.807) is 18.2 Å². The van der Waals surface area contributed by atoms with Crippen molar-refractivity contribution < 1.29 is 13.9 Å². The molecule has 0 fully saturated rings. The van der Waals surface area contributed by atoms with E-state index in [9.17, 15) is 9.18 Å². The maximum Gasteiger partial charge on any atom is 0.341 e. The molecule has 5 nitrogen and oxygen atoms in total. The number of aryl methyl sites for hydroxylation is 1. The first-order valence-corrected chi connectivity index (χ1v) is 8.53. The molecule has 7 heteroatoms. The van der Waals surface area contributed by atoms with Crippen LogP contribution in [0.1, 0.15) is 29.4 Å². The van der Waals surface area contributed by atoms with Gasteiger partial charge in [0.25, 0.3) is 0 Å². The van der Waals surface area contributed by atoms with Crippen LogP contribution in [0.15, 0.2) is 36.5 Å². The average molecular weight is 374 g/mol. The van der Waals surface area contributed by atoms with Crippen LogP contribution in [0.5, 0.6) is 0 Å². The van der Waals surface area contributed by atoms with E-state index in [0.717, 1.165) is 5.69 Å². The van der Waals surface area contributed by atoms with Gasteiger partial charge in [-0.05, 0) is 43.7 Å². The van der Waals surface area contributed by atoms with Gasteiger partial charge in [-0.3, -0.25) is 0 Å². The smallest absolute Gasteiger partial charge is 0.341 e. The predicted octanol–water partition coefficient (Wildman–Crippen LogP) is 5.04. The van der Waals surface area contributed by atoms with Crippen LogP contribution in [-0.4, -0.2) is 22.5 Å². The molecule has 134 valence electrons. The van der Waals surface area contributed by atoms with Crippen molar-refractivity contribution in [2.24, 2.45) is 0 Å². The van der Waals surface area contributed by atoms with Gasteiger partial charge in [-0.2, -0.15) is 0 Å². The van der Waals surface area contributed by atoms with Crippen LogP contribution in [0.3, 0.4) is 0 Å². The molecule has 1 aromatic carbocycles. The third-order valence-electron chi connectivity index (χ3n) is 3.72. The Bertz CT molecular complexity index is 978. The number of pyridine rings is 2. The molecule has 3 aromatic rings. The number of ether oxygens (including phenoxy) is 1. The van der Waals surface area contributed by atoms with E-state index in [0.29, 0.717) is 23.1 Å². The van der Waals surface area contributed by atoms with Crippen LogP contribution in [0.25, 0.3) is 11.0 Å². The minimum absolute atomic E-state index is 0.187. The highest BCUT2D eigenvalue weighted by Gasteiger charge is 2.19. The summed E-state index contributed by atoms with van der Waals surface area (Å²) < 4.78 is 19.5. The molecule has 0 amide bonds. The zero-order valence-corrected chi connectivity index (χ0v) is 15.1. The number of fused-ring (bicyclic) bond motifs is 1. The van der Waals surface area contributed by atoms with Gasteiger partial charge in [0.05, 0.1) is 18.0 Å². The Hall–Kier alpha value is -2.73. The highest BCUT2D eigenvalue weighted by Crippen LogP contribution is 2.31. The Morgan fingerprint density at radius 3 is 2.85 bits per heavy atom. The number of nitrogens with zero attached hydrogens (tertiary/aromatic N) is 2. The standard InChI is InChI=1S/C19H17ClFN3O2/c1-3-8-26-19(25)14-10-22-18-13(6-4-11(2)23-18)17(14)24-16-7-5-12(20)9-15(16)21/h4-7,9-10H,3,8H2,1-2H3,(H,22,23,24). The third-order valence-corrected chi connectivity index (χ3v) is 3.95. The molecule has 26 heavy (non-hydrogen) atoms. The Labute approximate surface area is 155 Å². The summed E-state index contributed by atoms with van der Waals surface area (Å²) in [5.74, 6) is -1.06. The van der Waals surface area contributed by atoms with Crippen LogP contribution in [-0.2, 0) is 4.74 Å². The molecule has 0 atom stereocenters. The quantitative estimate of drug-likeness (QED) is 0.634. The van der Waals surface area contributed by atoms with Crippen LogP contribution < -0.4 is 5.32 Å². The summed E-state index contributed by atoms with van der Waals surface area (Å²) in [6.07, 6.45) is 2.09. The van der Waals surface area contributed by atoms with Crippen molar-refractivity contribution in [3.05, 3.63) is 58.6 Å². The molecule has 0 saturated heterocycles. The van der Waals surface area contributed by atoms with Crippen molar-refractivity contribution >= 4 is 40.0 Å². The van der Waals surface area contributed by atoms with E-state index in [-0.39, 0.29) is 22.9 Å². The number of hydrogen-bond acceptors (Lipinski definition) is 5. The molecule has 3 rings (SSSR count). The number of carbonyl (C=O) groups excluding carboxylic acids is 1. The second kappa shape index (κ2) is 7.66. The number of benzene rings is 1. The van der Waals surface area contributed by atoms with Gasteiger partial charge in [0.2, 0.25) is 0 Å². The normalized spacial score (nSPS) is 10.8. The van der Waals surface area contributed by atoms with Gasteiger partial charge < -0.3 is 10.1 Å². The van der Waals surface area contributed by atoms with Crippen LogP contribution >= 0.6 is 11.6 Å². The number of hydrogen-bond donors (Lipinski definition) is 1. The molecule has 0 radical (unpaired) electrons. The van der Waals surface area contributed by atoms with E-state index in [4.69, 9.17) is 16.3 Å². The van der Waals surface area contributed by atoms with Crippen molar-refractivity contribution in [1.82, 2.24) is 9.97 Å². The summed E-state index contributed by atoms with van der Waals surface area (Å²) in [5.41, 5.74) is 2.03. The number of nitrogens with one attached hydrogen (secondary N) is 1. The van der Waals surface area contributed by atoms with Crippen LogP contribution in [0, 0.1) is 12.7 Å². The summed E-state index contributed by atoms with van der Waals surface area (Å²) in [4.78, 5) is 21.0. The van der Waals surface area contributed by atoms with Gasteiger partial charge in [0, 0.05) is 22.3 Å². The first-order valence-electron chi connectivity index (χ1n) is 8.15. The lowest BCUT2D eigenvalue weighted by atomic mass is 10.1. The van der Waals surface area contributed by atoms with Gasteiger partial charge in [-0.1, -0.05) is 18.5 Å². The Morgan fingerprint density at radius 1 is 1.31 bits per heavy atom. The summed E-state index contributed by atoms with van der Waals surface area (Å²) in [7, 11) is 0. The SMILES string of the molecule is CCCOC(=O)c1cnc2nc(C)ccc2c1Nc1ccc(Cl)cc1F. The van der Waals surface area contributed by atoms with Crippen molar-refractivity contribution in [3.63, 3.8) is 0 Å². The van der Waals surface area contributed by atoms with Crippen LogP contribution in [0.4, 0.5) is 15.8 Å². The predicted molar refractivity (Wildman–Crippen MR) is 99.5 cm³/mol. The molecular weight excluding hydrogens is 357 g/mol. The maximum absolute atomic E-state index is 14.2. The molecule has 0 aliphatic carbocycles. The van der Waals surface area contributed by atoms with E-state index in [2.05, 4.69) is 15.3 Å². The van der Waals surface area contributed by atoms with Gasteiger partial charge in [-0.25, -0.2) is 19.2 Å². The van der Waals surface area contributed by atoms with Gasteiger partial charge in [0.15, 0.2) is 5.65 Å². The first kappa shape index (κ1) is 18.1. The Kier molecular flexibility index (Phi) is 5.32. The molecule has 1 N–H and O–H groups in total. The highest BCUT2D eigenvalue weighted by molar-refractivity contribution is 6.30. The van der Waals surface area contributed by atoms with Crippen molar-refractivity contribution in [3.8, 4) is 0 Å². The third kappa shape index (κ3) is 3.75. The lowest BCUT2D eigenvalue weighted by Crippen LogP contribution is -2.11. The molecule has 0 unspecified atom stereocenters. The zero-order valence-electron chi connectivity index (χ0n) is 14.3. The monoisotopic (exact) mass is 373 g/mol. The largest absolute Gasteiger partial charge is 0.462 e. The van der Waals surface area contributed by atoms with E-state index < -0.39 is 11.8 Å². The molecule has 2 heterocycles. The van der Waals surface area contributed by atoms with E-state index in [1.807, 2.05) is 13.8 Å². The number of anilines is 2. The number of halogens is 2. The summed E-state index contributed by atoms with van der Waals surface area (Å²) in [6.45, 7) is 4.04. The lowest BCUT2D eigenvalue weighted by Gasteiger charge is -2.15. The Balaban J connectivity index is 2.13. The average Bonchev–Trinajstić information content (AvgIpc) is 2.61. The van der Waals surface area contributed by atoms with E-state index in [1.165, 1.54) is 18.3 Å². The minimum Gasteiger partial charge on any atom is -0.462 e. The molecule has 2 aromatic heterocycles. The maximum atomic E-state index is 14.2. The van der Waals surface area contributed by atoms with Crippen molar-refractivity contribution in [1.29, 1.82) is 0 Å². The second-order valence-electron chi connectivity index (χ2n) is 5.76. The number of rotatable bonds is 5. The van der Waals surface area contributed by atoms with Crippen molar-refractivity contribution in [2.45, 2.75) is 20.3 Å².